The summed E-state index contributed by atoms with van der Waals surface area (Å²) < 4.78 is 1.74. The van der Waals surface area contributed by atoms with Gasteiger partial charge in [0.15, 0.2) is 0 Å². The van der Waals surface area contributed by atoms with Gasteiger partial charge >= 0.3 is 5.97 Å². The third-order valence-electron chi connectivity index (χ3n) is 4.26. The molecule has 8 nitrogen and oxygen atoms in total. The molecule has 8 heteroatoms. The fourth-order valence-corrected chi connectivity index (χ4v) is 2.91. The van der Waals surface area contributed by atoms with Crippen LogP contribution in [0.4, 0.5) is 0 Å². The molecular weight excluding hydrogens is 360 g/mol. The number of rotatable bonds is 8. The fourth-order valence-electron chi connectivity index (χ4n) is 2.91. The molecule has 150 valence electrons. The number of benzene rings is 1. The van der Waals surface area contributed by atoms with Crippen LogP contribution in [0.1, 0.15) is 47.6 Å². The first-order chi connectivity index (χ1) is 13.2. The summed E-state index contributed by atoms with van der Waals surface area (Å²) in [5, 5.41) is 18.7. The van der Waals surface area contributed by atoms with Crippen LogP contribution in [-0.4, -0.2) is 45.3 Å². The normalized spacial score (nSPS) is 10.8. The minimum absolute atomic E-state index is 0.0184. The van der Waals surface area contributed by atoms with E-state index in [9.17, 15) is 14.4 Å². The summed E-state index contributed by atoms with van der Waals surface area (Å²) in [5.74, 6) is -1.42. The molecule has 1 aromatic heterocycles. The van der Waals surface area contributed by atoms with Crippen LogP contribution in [0, 0.1) is 13.8 Å². The van der Waals surface area contributed by atoms with E-state index in [2.05, 4.69) is 15.7 Å². The van der Waals surface area contributed by atoms with Crippen LogP contribution in [0.15, 0.2) is 24.3 Å². The second-order valence-corrected chi connectivity index (χ2v) is 6.91. The van der Waals surface area contributed by atoms with Gasteiger partial charge < -0.3 is 15.7 Å². The molecule has 28 heavy (non-hydrogen) atoms. The van der Waals surface area contributed by atoms with Crippen LogP contribution < -0.4 is 10.6 Å². The quantitative estimate of drug-likeness (QED) is 0.640. The lowest BCUT2D eigenvalue weighted by molar-refractivity contribution is -0.137. The minimum Gasteiger partial charge on any atom is -0.481 e. The Labute approximate surface area is 163 Å². The molecule has 0 atom stereocenters. The molecule has 0 saturated heterocycles. The van der Waals surface area contributed by atoms with Crippen molar-refractivity contribution in [3.63, 3.8) is 0 Å². The molecule has 0 radical (unpaired) electrons. The van der Waals surface area contributed by atoms with Crippen LogP contribution in [0.5, 0.6) is 0 Å². The number of carboxylic acids is 1. The third-order valence-corrected chi connectivity index (χ3v) is 4.26. The van der Waals surface area contributed by atoms with Gasteiger partial charge in [-0.15, -0.1) is 0 Å². The zero-order chi connectivity index (χ0) is 20.8. The number of amides is 2. The lowest BCUT2D eigenvalue weighted by atomic mass is 10.1. The van der Waals surface area contributed by atoms with Gasteiger partial charge in [-0.1, -0.05) is 0 Å². The van der Waals surface area contributed by atoms with Gasteiger partial charge in [-0.05, 0) is 63.9 Å². The topological polar surface area (TPSA) is 113 Å². The van der Waals surface area contributed by atoms with Crippen molar-refractivity contribution in [3.8, 4) is 5.69 Å². The smallest absolute Gasteiger partial charge is 0.303 e. The van der Waals surface area contributed by atoms with Crippen LogP contribution in [0.25, 0.3) is 5.69 Å². The standard InChI is InChI=1S/C20H26N4O4/c1-12(2)22-18(25)11-21-20(28)15-5-7-16(8-6-15)24-14(4)17(13(3)23-24)9-10-19(26)27/h5-8,12H,9-11H2,1-4H3,(H,21,28)(H,22,25)(H,26,27). The van der Waals surface area contributed by atoms with Gasteiger partial charge in [0.2, 0.25) is 5.91 Å². The van der Waals surface area contributed by atoms with E-state index in [1.807, 2.05) is 27.7 Å². The first-order valence-electron chi connectivity index (χ1n) is 9.14. The monoisotopic (exact) mass is 386 g/mol. The number of aliphatic carboxylic acids is 1. The van der Waals surface area contributed by atoms with E-state index in [4.69, 9.17) is 5.11 Å². The second kappa shape index (κ2) is 9.16. The van der Waals surface area contributed by atoms with Crippen molar-refractivity contribution in [3.05, 3.63) is 46.8 Å². The fraction of sp³-hybridized carbons (Fsp3) is 0.400. The molecule has 0 aliphatic carbocycles. The summed E-state index contributed by atoms with van der Waals surface area (Å²) in [5.41, 5.74) is 3.79. The molecule has 0 spiro atoms. The molecule has 0 aliphatic rings. The number of carbonyl (C=O) groups excluding carboxylic acids is 2. The number of hydrogen-bond acceptors (Lipinski definition) is 4. The summed E-state index contributed by atoms with van der Waals surface area (Å²) in [7, 11) is 0. The van der Waals surface area contributed by atoms with Crippen LogP contribution >= 0.6 is 0 Å². The molecule has 2 amide bonds. The van der Waals surface area contributed by atoms with E-state index in [0.717, 1.165) is 22.6 Å². The second-order valence-electron chi connectivity index (χ2n) is 6.91. The summed E-state index contributed by atoms with van der Waals surface area (Å²) in [6, 6.07) is 6.88. The SMILES string of the molecule is Cc1nn(-c2ccc(C(=O)NCC(=O)NC(C)C)cc2)c(C)c1CCC(=O)O. The summed E-state index contributed by atoms with van der Waals surface area (Å²) >= 11 is 0. The molecule has 0 fully saturated rings. The van der Waals surface area contributed by atoms with Crippen molar-refractivity contribution in [1.29, 1.82) is 0 Å². The average Bonchev–Trinajstić information content (AvgIpc) is 2.91. The number of nitrogens with one attached hydrogen (secondary N) is 2. The third kappa shape index (κ3) is 5.42. The molecular formula is C20H26N4O4. The number of aromatic nitrogens is 2. The van der Waals surface area contributed by atoms with Gasteiger partial charge in [-0.2, -0.15) is 5.10 Å². The van der Waals surface area contributed by atoms with Crippen molar-refractivity contribution in [2.24, 2.45) is 0 Å². The Hall–Kier alpha value is -3.16. The number of hydrogen-bond donors (Lipinski definition) is 3. The van der Waals surface area contributed by atoms with E-state index in [1.165, 1.54) is 0 Å². The van der Waals surface area contributed by atoms with E-state index in [-0.39, 0.29) is 30.8 Å². The van der Waals surface area contributed by atoms with Crippen molar-refractivity contribution >= 4 is 17.8 Å². The van der Waals surface area contributed by atoms with E-state index in [0.29, 0.717) is 12.0 Å². The van der Waals surface area contributed by atoms with Crippen LogP contribution in [-0.2, 0) is 16.0 Å². The van der Waals surface area contributed by atoms with Crippen LogP contribution in [0.3, 0.4) is 0 Å². The molecule has 0 unspecified atom stereocenters. The minimum atomic E-state index is -0.844. The molecule has 0 aliphatic heterocycles. The van der Waals surface area contributed by atoms with Crippen molar-refractivity contribution in [2.45, 2.75) is 46.6 Å². The van der Waals surface area contributed by atoms with Gasteiger partial charge in [0.25, 0.3) is 5.91 Å². The first-order valence-corrected chi connectivity index (χ1v) is 9.14. The Morgan fingerprint density at radius 1 is 1.14 bits per heavy atom. The van der Waals surface area contributed by atoms with E-state index in [1.54, 1.807) is 28.9 Å². The predicted octanol–water partition coefficient (Wildman–Crippen LogP) is 1.76. The summed E-state index contributed by atoms with van der Waals surface area (Å²) in [6.07, 6.45) is 0.475. The number of nitrogens with zero attached hydrogens (tertiary/aromatic N) is 2. The molecule has 0 saturated carbocycles. The highest BCUT2D eigenvalue weighted by Gasteiger charge is 2.15. The van der Waals surface area contributed by atoms with Gasteiger partial charge in [0.05, 0.1) is 17.9 Å². The zero-order valence-electron chi connectivity index (χ0n) is 16.6. The summed E-state index contributed by atoms with van der Waals surface area (Å²) in [6.45, 7) is 7.37. The van der Waals surface area contributed by atoms with Gasteiger partial charge in [0.1, 0.15) is 0 Å². The lowest BCUT2D eigenvalue weighted by Gasteiger charge is -2.10. The van der Waals surface area contributed by atoms with E-state index >= 15 is 0 Å². The van der Waals surface area contributed by atoms with E-state index < -0.39 is 5.97 Å². The van der Waals surface area contributed by atoms with Crippen LogP contribution in [0.2, 0.25) is 0 Å². The molecule has 1 heterocycles. The number of aryl methyl sites for hydroxylation is 1. The Balaban J connectivity index is 2.08. The van der Waals surface area contributed by atoms with Gasteiger partial charge in [0, 0.05) is 23.7 Å². The van der Waals surface area contributed by atoms with Crippen molar-refractivity contribution in [2.75, 3.05) is 6.54 Å². The Kier molecular flexibility index (Phi) is 6.92. The maximum Gasteiger partial charge on any atom is 0.303 e. The summed E-state index contributed by atoms with van der Waals surface area (Å²) in [4.78, 5) is 34.6. The highest BCUT2D eigenvalue weighted by atomic mass is 16.4. The molecule has 1 aromatic carbocycles. The molecule has 2 rings (SSSR count). The largest absolute Gasteiger partial charge is 0.481 e. The molecule has 3 N–H and O–H groups in total. The van der Waals surface area contributed by atoms with Crippen molar-refractivity contribution < 1.29 is 19.5 Å². The lowest BCUT2D eigenvalue weighted by Crippen LogP contribution is -2.39. The maximum atomic E-state index is 12.2. The molecule has 0 bridgehead atoms. The predicted molar refractivity (Wildman–Crippen MR) is 105 cm³/mol. The number of carbonyl (C=O) groups is 3. The highest BCUT2D eigenvalue weighted by molar-refractivity contribution is 5.96. The maximum absolute atomic E-state index is 12.2. The Morgan fingerprint density at radius 3 is 2.36 bits per heavy atom. The van der Waals surface area contributed by atoms with Crippen molar-refractivity contribution in [1.82, 2.24) is 20.4 Å². The zero-order valence-corrected chi connectivity index (χ0v) is 16.6. The first kappa shape index (κ1) is 21.1. The Bertz CT molecular complexity index is 869. The molecule has 2 aromatic rings. The Morgan fingerprint density at radius 2 is 1.79 bits per heavy atom. The van der Waals surface area contributed by atoms with Gasteiger partial charge in [-0.3, -0.25) is 14.4 Å². The van der Waals surface area contributed by atoms with Gasteiger partial charge in [-0.25, -0.2) is 4.68 Å². The average molecular weight is 386 g/mol. The highest BCUT2D eigenvalue weighted by Crippen LogP contribution is 2.19. The number of carboxylic acid groups (broad SMARTS) is 1.